The van der Waals surface area contributed by atoms with Gasteiger partial charge >= 0.3 is 0 Å². The predicted octanol–water partition coefficient (Wildman–Crippen LogP) is 5.28. The molecule has 26 heavy (non-hydrogen) atoms. The summed E-state index contributed by atoms with van der Waals surface area (Å²) in [6.07, 6.45) is 3.50. The lowest BCUT2D eigenvalue weighted by atomic mass is 10.1. The lowest BCUT2D eigenvalue weighted by Gasteiger charge is -2.06. The summed E-state index contributed by atoms with van der Waals surface area (Å²) in [5.74, 6) is 2.09. The minimum atomic E-state index is 0.674. The van der Waals surface area contributed by atoms with Crippen molar-refractivity contribution in [1.82, 2.24) is 19.9 Å². The average molecular weight is 354 g/mol. The maximum Gasteiger partial charge on any atom is 0.165 e. The van der Waals surface area contributed by atoms with Crippen molar-refractivity contribution in [3.63, 3.8) is 0 Å². The van der Waals surface area contributed by atoms with Crippen molar-refractivity contribution >= 4 is 31.5 Å². The highest BCUT2D eigenvalue weighted by Crippen LogP contribution is 2.38. The molecular weight excluding hydrogens is 340 g/mol. The number of benzene rings is 2. The first-order valence-electron chi connectivity index (χ1n) is 8.33. The van der Waals surface area contributed by atoms with Crippen molar-refractivity contribution in [3.05, 3.63) is 72.8 Å². The Morgan fingerprint density at radius 3 is 2.38 bits per heavy atom. The maximum atomic E-state index is 4.75. The Morgan fingerprint density at radius 2 is 1.50 bits per heavy atom. The zero-order valence-corrected chi connectivity index (χ0v) is 14.9. The predicted molar refractivity (Wildman–Crippen MR) is 106 cm³/mol. The van der Waals surface area contributed by atoms with Gasteiger partial charge in [0.15, 0.2) is 11.6 Å². The lowest BCUT2D eigenvalue weighted by Crippen LogP contribution is -1.99. The molecule has 0 aliphatic rings. The fraction of sp³-hybridized carbons (Fsp3) is 0.0476. The van der Waals surface area contributed by atoms with Crippen molar-refractivity contribution < 1.29 is 0 Å². The summed E-state index contributed by atoms with van der Waals surface area (Å²) < 4.78 is 2.48. The van der Waals surface area contributed by atoms with E-state index in [0.717, 1.165) is 11.1 Å². The highest BCUT2D eigenvalue weighted by Gasteiger charge is 2.14. The van der Waals surface area contributed by atoms with E-state index in [1.807, 2.05) is 19.1 Å². The largest absolute Gasteiger partial charge is 0.265 e. The topological polar surface area (TPSA) is 51.6 Å². The van der Waals surface area contributed by atoms with Crippen LogP contribution in [0.25, 0.3) is 42.9 Å². The van der Waals surface area contributed by atoms with Crippen LogP contribution < -0.4 is 0 Å². The molecule has 0 amide bonds. The van der Waals surface area contributed by atoms with Crippen LogP contribution in [0, 0.1) is 6.92 Å². The van der Waals surface area contributed by atoms with E-state index >= 15 is 0 Å². The Labute approximate surface area is 154 Å². The molecule has 2 aromatic carbocycles. The molecule has 5 heteroatoms. The van der Waals surface area contributed by atoms with Crippen LogP contribution in [0.5, 0.6) is 0 Å². The number of aryl methyl sites for hydroxylation is 1. The fourth-order valence-corrected chi connectivity index (χ4v) is 4.37. The van der Waals surface area contributed by atoms with Crippen molar-refractivity contribution in [3.8, 4) is 22.8 Å². The van der Waals surface area contributed by atoms with Crippen LogP contribution in [0.15, 0.2) is 67.0 Å². The summed E-state index contributed by atoms with van der Waals surface area (Å²) in [6, 6.07) is 18.6. The first-order chi connectivity index (χ1) is 12.8. The molecule has 0 radical (unpaired) electrons. The highest BCUT2D eigenvalue weighted by atomic mass is 32.1. The van der Waals surface area contributed by atoms with Gasteiger partial charge in [0, 0.05) is 43.7 Å². The van der Waals surface area contributed by atoms with E-state index in [1.165, 1.54) is 20.2 Å². The first kappa shape index (κ1) is 15.1. The zero-order valence-electron chi connectivity index (χ0n) is 14.0. The Hall–Kier alpha value is -3.18. The SMILES string of the molecule is Cc1nc(-c2ccncc2)nc(-c2cccc3c2sc2ccccc23)n1. The molecule has 3 heterocycles. The summed E-state index contributed by atoms with van der Waals surface area (Å²) in [5, 5.41) is 2.51. The van der Waals surface area contributed by atoms with Gasteiger partial charge in [0.2, 0.25) is 0 Å². The molecule has 0 bridgehead atoms. The second-order valence-electron chi connectivity index (χ2n) is 6.05. The minimum absolute atomic E-state index is 0.674. The van der Waals surface area contributed by atoms with Gasteiger partial charge in [-0.3, -0.25) is 4.98 Å². The molecule has 0 atom stereocenters. The Bertz CT molecular complexity index is 1250. The molecule has 0 fully saturated rings. The van der Waals surface area contributed by atoms with Crippen LogP contribution in [0.4, 0.5) is 0 Å². The molecule has 5 aromatic rings. The van der Waals surface area contributed by atoms with Crippen molar-refractivity contribution in [2.24, 2.45) is 0 Å². The third kappa shape index (κ3) is 2.45. The number of pyridine rings is 1. The van der Waals surface area contributed by atoms with Gasteiger partial charge in [0.05, 0.1) is 0 Å². The summed E-state index contributed by atoms with van der Waals surface area (Å²) in [6.45, 7) is 1.90. The van der Waals surface area contributed by atoms with Gasteiger partial charge in [-0.05, 0) is 31.2 Å². The van der Waals surface area contributed by atoms with E-state index in [-0.39, 0.29) is 0 Å². The number of nitrogens with zero attached hydrogens (tertiary/aromatic N) is 4. The molecule has 0 N–H and O–H groups in total. The van der Waals surface area contributed by atoms with Gasteiger partial charge in [-0.1, -0.05) is 30.3 Å². The van der Waals surface area contributed by atoms with Gasteiger partial charge in [-0.25, -0.2) is 15.0 Å². The zero-order chi connectivity index (χ0) is 17.5. The average Bonchev–Trinajstić information content (AvgIpc) is 3.07. The Morgan fingerprint density at radius 1 is 0.731 bits per heavy atom. The van der Waals surface area contributed by atoms with Gasteiger partial charge in [-0.15, -0.1) is 11.3 Å². The summed E-state index contributed by atoms with van der Waals surface area (Å²) in [5.41, 5.74) is 1.99. The molecule has 0 aliphatic carbocycles. The Balaban J connectivity index is 1.77. The fourth-order valence-electron chi connectivity index (χ4n) is 3.16. The number of aromatic nitrogens is 4. The molecule has 0 saturated heterocycles. The molecule has 0 saturated carbocycles. The van der Waals surface area contributed by atoms with Gasteiger partial charge in [0.25, 0.3) is 0 Å². The molecule has 0 aliphatic heterocycles. The van der Waals surface area contributed by atoms with Crippen LogP contribution in [-0.4, -0.2) is 19.9 Å². The van der Waals surface area contributed by atoms with Crippen LogP contribution in [0.1, 0.15) is 5.82 Å². The van der Waals surface area contributed by atoms with Crippen LogP contribution in [-0.2, 0) is 0 Å². The first-order valence-corrected chi connectivity index (χ1v) is 9.15. The quantitative estimate of drug-likeness (QED) is 0.433. The standard InChI is InChI=1S/C21H14N4S/c1-13-23-20(14-9-11-22-12-10-14)25-21(24-13)17-7-4-6-16-15-5-2-3-8-18(15)26-19(16)17/h2-12H,1H3. The van der Waals surface area contributed by atoms with Crippen molar-refractivity contribution in [2.45, 2.75) is 6.92 Å². The lowest BCUT2D eigenvalue weighted by molar-refractivity contribution is 0.992. The van der Waals surface area contributed by atoms with Crippen LogP contribution >= 0.6 is 11.3 Å². The highest BCUT2D eigenvalue weighted by molar-refractivity contribution is 7.26. The Kier molecular flexibility index (Phi) is 3.47. The van der Waals surface area contributed by atoms with E-state index in [4.69, 9.17) is 4.98 Å². The number of thiophene rings is 1. The van der Waals surface area contributed by atoms with Crippen molar-refractivity contribution in [2.75, 3.05) is 0 Å². The van der Waals surface area contributed by atoms with E-state index < -0.39 is 0 Å². The van der Waals surface area contributed by atoms with E-state index in [2.05, 4.69) is 57.4 Å². The third-order valence-corrected chi connectivity index (χ3v) is 5.55. The molecule has 4 nitrogen and oxygen atoms in total. The normalized spacial score (nSPS) is 11.3. The number of hydrogen-bond acceptors (Lipinski definition) is 5. The number of hydrogen-bond donors (Lipinski definition) is 0. The smallest absolute Gasteiger partial charge is 0.165 e. The molecule has 0 spiro atoms. The molecule has 3 aromatic heterocycles. The van der Waals surface area contributed by atoms with Gasteiger partial charge in [-0.2, -0.15) is 0 Å². The van der Waals surface area contributed by atoms with E-state index in [0.29, 0.717) is 17.5 Å². The molecule has 124 valence electrons. The van der Waals surface area contributed by atoms with E-state index in [9.17, 15) is 0 Å². The second-order valence-corrected chi connectivity index (χ2v) is 7.10. The minimum Gasteiger partial charge on any atom is -0.265 e. The van der Waals surface area contributed by atoms with Crippen molar-refractivity contribution in [1.29, 1.82) is 0 Å². The van der Waals surface area contributed by atoms with Gasteiger partial charge in [0.1, 0.15) is 5.82 Å². The monoisotopic (exact) mass is 354 g/mol. The van der Waals surface area contributed by atoms with Gasteiger partial charge < -0.3 is 0 Å². The van der Waals surface area contributed by atoms with Crippen LogP contribution in [0.2, 0.25) is 0 Å². The number of rotatable bonds is 2. The summed E-state index contributed by atoms with van der Waals surface area (Å²) >= 11 is 1.78. The second kappa shape index (κ2) is 5.97. The van der Waals surface area contributed by atoms with Crippen LogP contribution in [0.3, 0.4) is 0 Å². The molecule has 0 unspecified atom stereocenters. The van der Waals surface area contributed by atoms with E-state index in [1.54, 1.807) is 23.7 Å². The molecule has 5 rings (SSSR count). The summed E-state index contributed by atoms with van der Waals surface area (Å²) in [7, 11) is 0. The third-order valence-electron chi connectivity index (χ3n) is 4.33. The maximum absolute atomic E-state index is 4.75. The molecular formula is C21H14N4S. The summed E-state index contributed by atoms with van der Waals surface area (Å²) in [4.78, 5) is 17.9. The number of fused-ring (bicyclic) bond motifs is 3.